The van der Waals surface area contributed by atoms with Gasteiger partial charge in [0, 0.05) is 0 Å². The van der Waals surface area contributed by atoms with Crippen LogP contribution in [-0.2, 0) is 11.2 Å². The zero-order chi connectivity index (χ0) is 14.3. The van der Waals surface area contributed by atoms with Crippen molar-refractivity contribution in [1.82, 2.24) is 15.1 Å². The Bertz CT molecular complexity index is 390. The van der Waals surface area contributed by atoms with Crippen molar-refractivity contribution in [2.75, 3.05) is 18.4 Å². The molecule has 0 aromatic carbocycles. The van der Waals surface area contributed by atoms with Crippen LogP contribution < -0.4 is 5.32 Å². The van der Waals surface area contributed by atoms with E-state index in [9.17, 15) is 4.79 Å². The van der Waals surface area contributed by atoms with Crippen LogP contribution in [0.15, 0.2) is 0 Å². The highest BCUT2D eigenvalue weighted by Crippen LogP contribution is 2.17. The Morgan fingerprint density at radius 2 is 1.95 bits per heavy atom. The average Bonchev–Trinajstić information content (AvgIpc) is 2.86. The molecule has 0 bridgehead atoms. The largest absolute Gasteiger partial charge is 0.299 e. The molecule has 1 aromatic heterocycles. The van der Waals surface area contributed by atoms with Gasteiger partial charge in [0.1, 0.15) is 5.01 Å². The normalized spacial score (nSPS) is 12.7. The maximum atomic E-state index is 12.3. The number of nitrogens with zero attached hydrogens (tertiary/aromatic N) is 3. The summed E-state index contributed by atoms with van der Waals surface area (Å²) in [6, 6.07) is -0.0750. The fourth-order valence-corrected chi connectivity index (χ4v) is 2.74. The molecule has 108 valence electrons. The van der Waals surface area contributed by atoms with E-state index in [-0.39, 0.29) is 11.9 Å². The van der Waals surface area contributed by atoms with E-state index in [0.717, 1.165) is 37.4 Å². The minimum atomic E-state index is -0.0750. The maximum Gasteiger partial charge on any atom is 0.243 e. The van der Waals surface area contributed by atoms with Crippen molar-refractivity contribution in [2.24, 2.45) is 0 Å². The molecule has 19 heavy (non-hydrogen) atoms. The summed E-state index contributed by atoms with van der Waals surface area (Å²) in [5.41, 5.74) is 0. The smallest absolute Gasteiger partial charge is 0.243 e. The quantitative estimate of drug-likeness (QED) is 0.797. The molecule has 1 heterocycles. The molecule has 0 saturated heterocycles. The monoisotopic (exact) mass is 284 g/mol. The molecule has 0 fully saturated rings. The Morgan fingerprint density at radius 1 is 1.26 bits per heavy atom. The fourth-order valence-electron chi connectivity index (χ4n) is 2.05. The van der Waals surface area contributed by atoms with E-state index in [1.54, 1.807) is 0 Å². The molecule has 0 aliphatic rings. The van der Waals surface area contributed by atoms with E-state index in [1.165, 1.54) is 11.3 Å². The van der Waals surface area contributed by atoms with E-state index in [0.29, 0.717) is 5.13 Å². The lowest BCUT2D eigenvalue weighted by molar-refractivity contribution is -0.121. The van der Waals surface area contributed by atoms with Crippen molar-refractivity contribution in [3.63, 3.8) is 0 Å². The van der Waals surface area contributed by atoms with Crippen LogP contribution in [0.4, 0.5) is 5.13 Å². The summed E-state index contributed by atoms with van der Waals surface area (Å²) >= 11 is 1.45. The van der Waals surface area contributed by atoms with E-state index < -0.39 is 0 Å². The Hall–Kier alpha value is -1.01. The molecule has 1 N–H and O–H groups in total. The highest BCUT2D eigenvalue weighted by Gasteiger charge is 2.23. The molecule has 1 atom stereocenters. The zero-order valence-electron chi connectivity index (χ0n) is 12.3. The Balaban J connectivity index is 2.70. The summed E-state index contributed by atoms with van der Waals surface area (Å²) in [6.07, 6.45) is 2.71. The molecule has 1 unspecified atom stereocenters. The Morgan fingerprint density at radius 3 is 2.42 bits per heavy atom. The van der Waals surface area contributed by atoms with E-state index in [4.69, 9.17) is 0 Å². The first kappa shape index (κ1) is 16.0. The fraction of sp³-hybridized carbons (Fsp3) is 0.769. The van der Waals surface area contributed by atoms with Crippen molar-refractivity contribution >= 4 is 22.4 Å². The van der Waals surface area contributed by atoms with Crippen LogP contribution in [0.1, 0.15) is 45.5 Å². The second kappa shape index (κ2) is 8.22. The second-order valence-electron chi connectivity index (χ2n) is 4.37. The lowest BCUT2D eigenvalue weighted by Crippen LogP contribution is -2.43. The molecule has 1 rings (SSSR count). The molecule has 1 amide bonds. The number of carbonyl (C=O) groups excluding carboxylic acids is 1. The summed E-state index contributed by atoms with van der Waals surface area (Å²) in [7, 11) is 0. The molecule has 1 aromatic rings. The van der Waals surface area contributed by atoms with E-state index in [1.807, 2.05) is 6.92 Å². The van der Waals surface area contributed by atoms with Crippen molar-refractivity contribution in [1.29, 1.82) is 0 Å². The molecule has 0 saturated carbocycles. The van der Waals surface area contributed by atoms with Crippen molar-refractivity contribution < 1.29 is 4.79 Å². The van der Waals surface area contributed by atoms with Crippen molar-refractivity contribution in [3.05, 3.63) is 5.01 Å². The van der Waals surface area contributed by atoms with Gasteiger partial charge in [-0.15, -0.1) is 10.2 Å². The topological polar surface area (TPSA) is 58.1 Å². The SMILES string of the molecule is CCCC(C(=O)Nc1nnc(CC)s1)N(CC)CC. The maximum absolute atomic E-state index is 12.3. The van der Waals surface area contributed by atoms with Crippen LogP contribution in [0.3, 0.4) is 0 Å². The first-order valence-corrected chi connectivity index (χ1v) is 7.85. The predicted molar refractivity (Wildman–Crippen MR) is 79.5 cm³/mol. The number of hydrogen-bond donors (Lipinski definition) is 1. The number of anilines is 1. The van der Waals surface area contributed by atoms with E-state index >= 15 is 0 Å². The molecule has 0 radical (unpaired) electrons. The highest BCUT2D eigenvalue weighted by molar-refractivity contribution is 7.15. The lowest BCUT2D eigenvalue weighted by Gasteiger charge is -2.27. The summed E-state index contributed by atoms with van der Waals surface area (Å²) in [5, 5.41) is 12.5. The van der Waals surface area contributed by atoms with Crippen LogP contribution in [-0.4, -0.2) is 40.1 Å². The van der Waals surface area contributed by atoms with Gasteiger partial charge >= 0.3 is 0 Å². The number of amides is 1. The van der Waals surface area contributed by atoms with Gasteiger partial charge in [0.2, 0.25) is 11.0 Å². The van der Waals surface area contributed by atoms with Crippen molar-refractivity contribution in [2.45, 2.75) is 53.0 Å². The van der Waals surface area contributed by atoms with Crippen LogP contribution >= 0.6 is 11.3 Å². The number of aromatic nitrogens is 2. The first-order chi connectivity index (χ1) is 9.15. The summed E-state index contributed by atoms with van der Waals surface area (Å²) in [5.74, 6) is 0.0318. The van der Waals surface area contributed by atoms with Gasteiger partial charge in [-0.1, -0.05) is 45.5 Å². The molecule has 0 aliphatic carbocycles. The van der Waals surface area contributed by atoms with E-state index in [2.05, 4.69) is 41.2 Å². The number of nitrogens with one attached hydrogen (secondary N) is 1. The summed E-state index contributed by atoms with van der Waals surface area (Å²) in [4.78, 5) is 14.5. The third-order valence-corrected chi connectivity index (χ3v) is 4.10. The third-order valence-electron chi connectivity index (χ3n) is 3.12. The van der Waals surface area contributed by atoms with Gasteiger partial charge in [-0.25, -0.2) is 0 Å². The number of rotatable bonds is 8. The third kappa shape index (κ3) is 4.54. The molecule has 0 spiro atoms. The zero-order valence-corrected chi connectivity index (χ0v) is 13.1. The van der Waals surface area contributed by atoms with Gasteiger partial charge < -0.3 is 0 Å². The van der Waals surface area contributed by atoms with Gasteiger partial charge in [-0.3, -0.25) is 15.0 Å². The average molecular weight is 284 g/mol. The van der Waals surface area contributed by atoms with Crippen LogP contribution in [0.5, 0.6) is 0 Å². The van der Waals surface area contributed by atoms with Gasteiger partial charge in [-0.05, 0) is 25.9 Å². The van der Waals surface area contributed by atoms with Gasteiger partial charge in [0.05, 0.1) is 6.04 Å². The predicted octanol–water partition coefficient (Wildman–Crippen LogP) is 2.55. The number of hydrogen-bond acceptors (Lipinski definition) is 5. The lowest BCUT2D eigenvalue weighted by atomic mass is 10.1. The Labute approximate surface area is 119 Å². The molecular weight excluding hydrogens is 260 g/mol. The standard InChI is InChI=1S/C13H24N4OS/c1-5-9-10(17(7-3)8-4)12(18)14-13-16-15-11(6-2)19-13/h10H,5-9H2,1-4H3,(H,14,16,18). The van der Waals surface area contributed by atoms with Gasteiger partial charge in [-0.2, -0.15) is 0 Å². The summed E-state index contributed by atoms with van der Waals surface area (Å²) < 4.78 is 0. The number of carbonyl (C=O) groups is 1. The van der Waals surface area contributed by atoms with Gasteiger partial charge in [0.25, 0.3) is 0 Å². The summed E-state index contributed by atoms with van der Waals surface area (Å²) in [6.45, 7) is 10.1. The number of likely N-dealkylation sites (N-methyl/N-ethyl adjacent to an activating group) is 1. The second-order valence-corrected chi connectivity index (χ2v) is 5.43. The first-order valence-electron chi connectivity index (χ1n) is 7.03. The van der Waals surface area contributed by atoms with Crippen LogP contribution in [0.25, 0.3) is 0 Å². The molecule has 6 heteroatoms. The van der Waals surface area contributed by atoms with Crippen molar-refractivity contribution in [3.8, 4) is 0 Å². The minimum Gasteiger partial charge on any atom is -0.299 e. The minimum absolute atomic E-state index is 0.0318. The molecule has 0 aliphatic heterocycles. The molecular formula is C13H24N4OS. The molecule has 5 nitrogen and oxygen atoms in total. The van der Waals surface area contributed by atoms with Crippen LogP contribution in [0, 0.1) is 0 Å². The van der Waals surface area contributed by atoms with Gasteiger partial charge in [0.15, 0.2) is 0 Å². The number of aryl methyl sites for hydroxylation is 1. The Kier molecular flexibility index (Phi) is 6.94. The van der Waals surface area contributed by atoms with Crippen LogP contribution in [0.2, 0.25) is 0 Å². The highest BCUT2D eigenvalue weighted by atomic mass is 32.1.